The molecule has 4 rings (SSSR count). The number of hydrogen-bond donors (Lipinski definition) is 0. The van der Waals surface area contributed by atoms with Crippen molar-refractivity contribution in [1.82, 2.24) is 9.80 Å². The van der Waals surface area contributed by atoms with E-state index in [1.807, 2.05) is 0 Å². The highest BCUT2D eigenvalue weighted by atomic mass is 15.3. The second kappa shape index (κ2) is 6.34. The number of hydrogen-bond acceptors (Lipinski definition) is 2. The van der Waals surface area contributed by atoms with Crippen molar-refractivity contribution in [2.24, 2.45) is 11.8 Å². The predicted molar refractivity (Wildman–Crippen MR) is 99.6 cm³/mol. The van der Waals surface area contributed by atoms with Gasteiger partial charge in [0.1, 0.15) is 0 Å². The maximum Gasteiger partial charge on any atom is 0.0239 e. The van der Waals surface area contributed by atoms with Gasteiger partial charge >= 0.3 is 0 Å². The van der Waals surface area contributed by atoms with Crippen LogP contribution in [0.5, 0.6) is 0 Å². The van der Waals surface area contributed by atoms with E-state index in [9.17, 15) is 0 Å². The molecule has 0 saturated carbocycles. The molecule has 2 nitrogen and oxygen atoms in total. The van der Waals surface area contributed by atoms with Crippen molar-refractivity contribution in [3.8, 4) is 0 Å². The fourth-order valence-electron chi connectivity index (χ4n) is 4.74. The molecule has 2 heteroatoms. The van der Waals surface area contributed by atoms with Gasteiger partial charge in [0, 0.05) is 38.3 Å². The van der Waals surface area contributed by atoms with E-state index in [0.29, 0.717) is 0 Å². The summed E-state index contributed by atoms with van der Waals surface area (Å²) in [5.74, 6) is 1.59. The summed E-state index contributed by atoms with van der Waals surface area (Å²) >= 11 is 0. The third-order valence-corrected chi connectivity index (χ3v) is 6.16. The minimum Gasteiger partial charge on any atom is -0.298 e. The van der Waals surface area contributed by atoms with Crippen LogP contribution in [0.1, 0.15) is 25.0 Å². The Hall–Kier alpha value is -1.64. The van der Waals surface area contributed by atoms with E-state index in [1.54, 1.807) is 0 Å². The van der Waals surface area contributed by atoms with Gasteiger partial charge in [-0.25, -0.2) is 0 Å². The largest absolute Gasteiger partial charge is 0.298 e. The van der Waals surface area contributed by atoms with E-state index >= 15 is 0 Å². The van der Waals surface area contributed by atoms with Gasteiger partial charge in [-0.1, -0.05) is 60.7 Å². The Labute approximate surface area is 146 Å². The highest BCUT2D eigenvalue weighted by molar-refractivity contribution is 5.18. The van der Waals surface area contributed by atoms with Crippen LogP contribution in [-0.2, 0) is 13.1 Å². The van der Waals surface area contributed by atoms with Crippen molar-refractivity contribution in [3.05, 3.63) is 71.8 Å². The number of nitrogens with zero attached hydrogens (tertiary/aromatic N) is 2. The molecule has 0 spiro atoms. The first-order valence-electron chi connectivity index (χ1n) is 9.18. The Kier molecular flexibility index (Phi) is 4.19. The van der Waals surface area contributed by atoms with Gasteiger partial charge in [-0.15, -0.1) is 0 Å². The second-order valence-electron chi connectivity index (χ2n) is 8.07. The summed E-state index contributed by atoms with van der Waals surface area (Å²) in [6, 6.07) is 21.8. The van der Waals surface area contributed by atoms with Crippen molar-refractivity contribution < 1.29 is 0 Å². The van der Waals surface area contributed by atoms with E-state index in [2.05, 4.69) is 84.3 Å². The molecule has 2 atom stereocenters. The SMILES string of the molecule is CC1(C)C2CN(Cc3ccccc3)CC2CN1Cc1ccccc1. The van der Waals surface area contributed by atoms with Crippen LogP contribution in [0.4, 0.5) is 0 Å². The van der Waals surface area contributed by atoms with Crippen LogP contribution in [0, 0.1) is 11.8 Å². The van der Waals surface area contributed by atoms with Crippen LogP contribution >= 0.6 is 0 Å². The number of rotatable bonds is 4. The lowest BCUT2D eigenvalue weighted by Crippen LogP contribution is -2.44. The van der Waals surface area contributed by atoms with E-state index in [0.717, 1.165) is 24.9 Å². The molecule has 0 aromatic heterocycles. The van der Waals surface area contributed by atoms with Gasteiger partial charge in [-0.2, -0.15) is 0 Å². The maximum atomic E-state index is 2.71. The molecular weight excluding hydrogens is 292 g/mol. The molecule has 2 aromatic rings. The zero-order valence-electron chi connectivity index (χ0n) is 14.9. The molecule has 2 fully saturated rings. The molecule has 2 aliphatic rings. The minimum absolute atomic E-state index is 0.284. The highest BCUT2D eigenvalue weighted by Crippen LogP contribution is 2.44. The Morgan fingerprint density at radius 3 is 1.96 bits per heavy atom. The van der Waals surface area contributed by atoms with Crippen molar-refractivity contribution in [2.45, 2.75) is 32.5 Å². The summed E-state index contributed by atoms with van der Waals surface area (Å²) in [7, 11) is 0. The van der Waals surface area contributed by atoms with E-state index in [1.165, 1.54) is 30.8 Å². The molecule has 0 amide bonds. The Bertz CT molecular complexity index is 665. The van der Waals surface area contributed by atoms with E-state index in [-0.39, 0.29) is 5.54 Å². The first-order valence-corrected chi connectivity index (χ1v) is 9.18. The van der Waals surface area contributed by atoms with Crippen LogP contribution < -0.4 is 0 Å². The van der Waals surface area contributed by atoms with Crippen molar-refractivity contribution in [2.75, 3.05) is 19.6 Å². The quantitative estimate of drug-likeness (QED) is 0.839. The monoisotopic (exact) mass is 320 g/mol. The topological polar surface area (TPSA) is 6.48 Å². The maximum absolute atomic E-state index is 2.71. The van der Waals surface area contributed by atoms with Gasteiger partial charge in [0.2, 0.25) is 0 Å². The molecule has 0 bridgehead atoms. The lowest BCUT2D eigenvalue weighted by Gasteiger charge is -2.36. The summed E-state index contributed by atoms with van der Waals surface area (Å²) in [4.78, 5) is 5.36. The lowest BCUT2D eigenvalue weighted by molar-refractivity contribution is 0.115. The first kappa shape index (κ1) is 15.9. The normalized spacial score (nSPS) is 26.6. The molecule has 2 aliphatic heterocycles. The van der Waals surface area contributed by atoms with Crippen molar-refractivity contribution in [3.63, 3.8) is 0 Å². The zero-order valence-corrected chi connectivity index (χ0v) is 14.9. The van der Waals surface area contributed by atoms with Gasteiger partial charge in [-0.05, 0) is 36.8 Å². The van der Waals surface area contributed by atoms with E-state index in [4.69, 9.17) is 0 Å². The number of fused-ring (bicyclic) bond motifs is 1. The summed E-state index contributed by atoms with van der Waals surface area (Å²) in [5, 5.41) is 0. The van der Waals surface area contributed by atoms with Crippen LogP contribution in [0.15, 0.2) is 60.7 Å². The molecule has 2 saturated heterocycles. The van der Waals surface area contributed by atoms with Crippen LogP contribution in [0.3, 0.4) is 0 Å². The molecule has 0 radical (unpaired) electrons. The average Bonchev–Trinajstić information content (AvgIpc) is 3.08. The lowest BCUT2D eigenvalue weighted by atomic mass is 9.84. The Morgan fingerprint density at radius 2 is 1.38 bits per heavy atom. The molecule has 2 aromatic carbocycles. The average molecular weight is 320 g/mol. The molecule has 24 heavy (non-hydrogen) atoms. The van der Waals surface area contributed by atoms with Gasteiger partial charge in [0.25, 0.3) is 0 Å². The summed E-state index contributed by atoms with van der Waals surface area (Å²) in [6.07, 6.45) is 0. The fraction of sp³-hybridized carbons (Fsp3) is 0.455. The second-order valence-corrected chi connectivity index (χ2v) is 8.07. The number of likely N-dealkylation sites (tertiary alicyclic amines) is 2. The molecule has 2 heterocycles. The summed E-state index contributed by atoms with van der Waals surface area (Å²) < 4.78 is 0. The zero-order chi connectivity index (χ0) is 16.6. The third kappa shape index (κ3) is 3.01. The summed E-state index contributed by atoms with van der Waals surface area (Å²) in [5.41, 5.74) is 3.16. The third-order valence-electron chi connectivity index (χ3n) is 6.16. The molecule has 2 unspecified atom stereocenters. The molecule has 0 aliphatic carbocycles. The highest BCUT2D eigenvalue weighted by Gasteiger charge is 2.51. The van der Waals surface area contributed by atoms with Crippen molar-refractivity contribution in [1.29, 1.82) is 0 Å². The van der Waals surface area contributed by atoms with Crippen molar-refractivity contribution >= 4 is 0 Å². The number of benzene rings is 2. The molecule has 0 N–H and O–H groups in total. The van der Waals surface area contributed by atoms with Gasteiger partial charge in [0.05, 0.1) is 0 Å². The smallest absolute Gasteiger partial charge is 0.0239 e. The van der Waals surface area contributed by atoms with E-state index < -0.39 is 0 Å². The van der Waals surface area contributed by atoms with Gasteiger partial charge in [-0.3, -0.25) is 9.80 Å². The Morgan fingerprint density at radius 1 is 0.792 bits per heavy atom. The van der Waals surface area contributed by atoms with Crippen LogP contribution in [0.25, 0.3) is 0 Å². The molecule has 126 valence electrons. The predicted octanol–water partition coefficient (Wildman–Crippen LogP) is 4.03. The standard InChI is InChI=1S/C22H28N2/c1-22(2)21-17-23(13-18-9-5-3-6-10-18)15-20(21)16-24(22)14-19-11-7-4-8-12-19/h3-12,20-21H,13-17H2,1-2H3. The van der Waals surface area contributed by atoms with Gasteiger partial charge in [0.15, 0.2) is 0 Å². The van der Waals surface area contributed by atoms with Crippen LogP contribution in [-0.4, -0.2) is 35.0 Å². The van der Waals surface area contributed by atoms with Gasteiger partial charge < -0.3 is 0 Å². The fourth-order valence-corrected chi connectivity index (χ4v) is 4.74. The molecular formula is C22H28N2. The Balaban J connectivity index is 1.42. The summed E-state index contributed by atoms with van der Waals surface area (Å²) in [6.45, 7) is 10.8. The first-order chi connectivity index (χ1) is 11.6. The minimum atomic E-state index is 0.284. The van der Waals surface area contributed by atoms with Crippen LogP contribution in [0.2, 0.25) is 0 Å².